The van der Waals surface area contributed by atoms with Gasteiger partial charge in [0.1, 0.15) is 5.75 Å². The summed E-state index contributed by atoms with van der Waals surface area (Å²) in [6, 6.07) is 7.09. The summed E-state index contributed by atoms with van der Waals surface area (Å²) in [7, 11) is 2.17. The molecule has 0 aliphatic carbocycles. The predicted molar refractivity (Wildman–Crippen MR) is 68.9 cm³/mol. The van der Waals surface area contributed by atoms with E-state index in [1.165, 1.54) is 0 Å². The molecule has 0 aromatic heterocycles. The molecule has 4 heteroatoms. The smallest absolute Gasteiger partial charge is 0.176 e. The molecule has 0 aliphatic heterocycles. The molecular formula is C12H18NO2P. The molecule has 1 unspecified atom stereocenters. The maximum Gasteiger partial charge on any atom is 0.176 e. The number of carbonyl (C=O) groups is 1. The van der Waals surface area contributed by atoms with Crippen molar-refractivity contribution in [2.45, 2.75) is 26.3 Å². The van der Waals surface area contributed by atoms with Crippen LogP contribution in [0.1, 0.15) is 31.1 Å². The standard InChI is InChI=1S/C12H18NO2P/c1-12(2,3)13-8-11(14)9-4-6-10(15-16)7-5-9/h4-7,13H,8,16H2,1-3H3. The molecule has 88 valence electrons. The van der Waals surface area contributed by atoms with Gasteiger partial charge in [-0.1, -0.05) is 0 Å². The monoisotopic (exact) mass is 239 g/mol. The molecule has 0 amide bonds. The zero-order valence-electron chi connectivity index (χ0n) is 9.91. The second-order valence-electron chi connectivity index (χ2n) is 4.67. The van der Waals surface area contributed by atoms with E-state index in [0.29, 0.717) is 12.1 Å². The Kier molecular flexibility index (Phi) is 4.45. The Balaban J connectivity index is 2.59. The lowest BCUT2D eigenvalue weighted by molar-refractivity contribution is 0.0982. The van der Waals surface area contributed by atoms with Gasteiger partial charge < -0.3 is 9.84 Å². The average Bonchev–Trinajstić information content (AvgIpc) is 2.25. The van der Waals surface area contributed by atoms with E-state index >= 15 is 0 Å². The van der Waals surface area contributed by atoms with Crippen LogP contribution in [0.5, 0.6) is 5.75 Å². The van der Waals surface area contributed by atoms with Crippen LogP contribution in [0.4, 0.5) is 0 Å². The highest BCUT2D eigenvalue weighted by atomic mass is 31.0. The maximum atomic E-state index is 11.8. The van der Waals surface area contributed by atoms with Gasteiger partial charge in [0.2, 0.25) is 0 Å². The van der Waals surface area contributed by atoms with Crippen molar-refractivity contribution in [1.29, 1.82) is 0 Å². The van der Waals surface area contributed by atoms with Crippen LogP contribution < -0.4 is 9.84 Å². The third kappa shape index (κ3) is 4.30. The molecule has 0 bridgehead atoms. The number of Topliss-reactive ketones (excluding diaryl/α,β-unsaturated/α-hetero) is 1. The molecule has 0 heterocycles. The summed E-state index contributed by atoms with van der Waals surface area (Å²) in [5.41, 5.74) is 0.654. The highest BCUT2D eigenvalue weighted by molar-refractivity contribution is 7.10. The largest absolute Gasteiger partial charge is 0.480 e. The number of nitrogens with one attached hydrogen (secondary N) is 1. The lowest BCUT2D eigenvalue weighted by atomic mass is 10.1. The Morgan fingerprint density at radius 2 is 1.88 bits per heavy atom. The van der Waals surface area contributed by atoms with Crippen molar-refractivity contribution in [3.05, 3.63) is 29.8 Å². The minimum Gasteiger partial charge on any atom is -0.480 e. The van der Waals surface area contributed by atoms with Crippen LogP contribution in [0, 0.1) is 0 Å². The second kappa shape index (κ2) is 5.42. The van der Waals surface area contributed by atoms with Crippen LogP contribution in [0.25, 0.3) is 0 Å². The highest BCUT2D eigenvalue weighted by Crippen LogP contribution is 2.14. The molecular weight excluding hydrogens is 221 g/mol. The van der Waals surface area contributed by atoms with E-state index in [9.17, 15) is 4.79 Å². The van der Waals surface area contributed by atoms with Gasteiger partial charge >= 0.3 is 0 Å². The lowest BCUT2D eigenvalue weighted by Gasteiger charge is -2.19. The summed E-state index contributed by atoms with van der Waals surface area (Å²) in [6.45, 7) is 6.45. The topological polar surface area (TPSA) is 38.3 Å². The molecule has 0 spiro atoms. The molecule has 16 heavy (non-hydrogen) atoms. The van der Waals surface area contributed by atoms with E-state index in [0.717, 1.165) is 5.75 Å². The van der Waals surface area contributed by atoms with E-state index in [4.69, 9.17) is 4.52 Å². The van der Waals surface area contributed by atoms with Crippen molar-refractivity contribution in [1.82, 2.24) is 5.32 Å². The Morgan fingerprint density at radius 1 is 1.31 bits per heavy atom. The van der Waals surface area contributed by atoms with Crippen LogP contribution in [0.15, 0.2) is 24.3 Å². The molecule has 3 nitrogen and oxygen atoms in total. The van der Waals surface area contributed by atoms with Crippen LogP contribution in [-0.4, -0.2) is 17.9 Å². The van der Waals surface area contributed by atoms with E-state index in [2.05, 4.69) is 14.8 Å². The first-order valence-electron chi connectivity index (χ1n) is 5.17. The third-order valence-corrected chi connectivity index (χ3v) is 2.36. The van der Waals surface area contributed by atoms with Gasteiger partial charge in [-0.25, -0.2) is 0 Å². The first-order valence-corrected chi connectivity index (χ1v) is 5.64. The number of benzene rings is 1. The molecule has 1 N–H and O–H groups in total. The molecule has 0 fully saturated rings. The minimum absolute atomic E-state index is 0.0429. The van der Waals surface area contributed by atoms with Crippen LogP contribution >= 0.6 is 9.47 Å². The van der Waals surface area contributed by atoms with E-state index < -0.39 is 0 Å². The van der Waals surface area contributed by atoms with Crippen molar-refractivity contribution in [3.63, 3.8) is 0 Å². The summed E-state index contributed by atoms with van der Waals surface area (Å²) >= 11 is 0. The van der Waals surface area contributed by atoms with Crippen molar-refractivity contribution in [3.8, 4) is 5.75 Å². The maximum absolute atomic E-state index is 11.8. The lowest BCUT2D eigenvalue weighted by Crippen LogP contribution is -2.39. The van der Waals surface area contributed by atoms with Gasteiger partial charge in [-0.15, -0.1) is 0 Å². The summed E-state index contributed by atoms with van der Waals surface area (Å²) in [4.78, 5) is 11.8. The van der Waals surface area contributed by atoms with Crippen molar-refractivity contribution in [2.24, 2.45) is 0 Å². The number of rotatable bonds is 4. The number of ketones is 1. The molecule has 1 aromatic rings. The fourth-order valence-corrected chi connectivity index (χ4v) is 1.32. The van der Waals surface area contributed by atoms with Crippen molar-refractivity contribution in [2.75, 3.05) is 6.54 Å². The van der Waals surface area contributed by atoms with Crippen LogP contribution in [-0.2, 0) is 0 Å². The Bertz CT molecular complexity index is 354. The quantitative estimate of drug-likeness (QED) is 0.647. The Morgan fingerprint density at radius 3 is 2.31 bits per heavy atom. The average molecular weight is 239 g/mol. The first-order chi connectivity index (χ1) is 7.42. The number of hydrogen-bond acceptors (Lipinski definition) is 3. The summed E-state index contributed by atoms with van der Waals surface area (Å²) in [6.07, 6.45) is 0. The number of carbonyl (C=O) groups excluding carboxylic acids is 1. The zero-order valence-corrected chi connectivity index (χ0v) is 11.1. The van der Waals surface area contributed by atoms with Gasteiger partial charge in [0.25, 0.3) is 0 Å². The molecule has 1 rings (SSSR count). The van der Waals surface area contributed by atoms with E-state index in [1.54, 1.807) is 24.3 Å². The zero-order chi connectivity index (χ0) is 12.2. The number of hydrogen-bond donors (Lipinski definition) is 1. The van der Waals surface area contributed by atoms with Gasteiger partial charge in [0, 0.05) is 11.1 Å². The van der Waals surface area contributed by atoms with Crippen LogP contribution in [0.2, 0.25) is 0 Å². The molecule has 1 atom stereocenters. The third-order valence-electron chi connectivity index (χ3n) is 2.09. The van der Waals surface area contributed by atoms with Crippen molar-refractivity contribution < 1.29 is 9.32 Å². The Labute approximate surface area is 98.9 Å². The van der Waals surface area contributed by atoms with Gasteiger partial charge in [0.15, 0.2) is 5.78 Å². The summed E-state index contributed by atoms with van der Waals surface area (Å²) < 4.78 is 4.95. The predicted octanol–water partition coefficient (Wildman–Crippen LogP) is 2.43. The van der Waals surface area contributed by atoms with E-state index in [-0.39, 0.29) is 11.3 Å². The second-order valence-corrected chi connectivity index (χ2v) is 4.90. The van der Waals surface area contributed by atoms with Gasteiger partial charge in [0.05, 0.1) is 16.0 Å². The van der Waals surface area contributed by atoms with Gasteiger partial charge in [-0.2, -0.15) is 0 Å². The summed E-state index contributed by atoms with van der Waals surface area (Å²) in [5.74, 6) is 0.815. The molecule has 0 radical (unpaired) electrons. The minimum atomic E-state index is -0.0429. The Hall–Kier alpha value is -0.920. The first kappa shape index (κ1) is 13.1. The molecule has 0 aliphatic rings. The molecule has 0 saturated heterocycles. The van der Waals surface area contributed by atoms with Crippen molar-refractivity contribution >= 4 is 15.2 Å². The fraction of sp³-hybridized carbons (Fsp3) is 0.417. The molecule has 0 saturated carbocycles. The van der Waals surface area contributed by atoms with Gasteiger partial charge in [-0.3, -0.25) is 4.79 Å². The SMILES string of the molecule is CC(C)(C)NCC(=O)c1ccc(OP)cc1. The van der Waals surface area contributed by atoms with Gasteiger partial charge in [-0.05, 0) is 45.0 Å². The summed E-state index contributed by atoms with van der Waals surface area (Å²) in [5, 5.41) is 3.16. The highest BCUT2D eigenvalue weighted by Gasteiger charge is 2.12. The fourth-order valence-electron chi connectivity index (χ4n) is 1.17. The van der Waals surface area contributed by atoms with E-state index in [1.807, 2.05) is 20.8 Å². The molecule has 1 aromatic carbocycles. The van der Waals surface area contributed by atoms with Crippen LogP contribution in [0.3, 0.4) is 0 Å². The normalized spacial score (nSPS) is 11.2.